The lowest BCUT2D eigenvalue weighted by molar-refractivity contribution is -0.115. The van der Waals surface area contributed by atoms with Gasteiger partial charge < -0.3 is 5.32 Å². The Morgan fingerprint density at radius 1 is 1.08 bits per heavy atom. The molecule has 0 atom stereocenters. The Labute approximate surface area is 146 Å². The lowest BCUT2D eigenvalue weighted by atomic mass is 10.1. The number of carbonyl (C=O) groups excluding carboxylic acids is 1. The minimum atomic E-state index is -0.0988. The average Bonchev–Trinajstić information content (AvgIpc) is 2.83. The second kappa shape index (κ2) is 6.80. The molecule has 0 saturated heterocycles. The third-order valence-corrected chi connectivity index (χ3v) is 3.90. The van der Waals surface area contributed by atoms with Gasteiger partial charge in [-0.1, -0.05) is 0 Å². The van der Waals surface area contributed by atoms with Gasteiger partial charge in [-0.05, 0) is 45.9 Å². The van der Waals surface area contributed by atoms with Gasteiger partial charge in [0.25, 0.3) is 5.95 Å². The van der Waals surface area contributed by atoms with E-state index >= 15 is 0 Å². The number of anilines is 1. The van der Waals surface area contributed by atoms with Crippen LogP contribution in [0.5, 0.6) is 0 Å². The van der Waals surface area contributed by atoms with Crippen LogP contribution in [0.4, 0.5) is 5.69 Å². The molecule has 3 aromatic rings. The number of hydrogen-bond acceptors (Lipinski definition) is 5. The Hall–Kier alpha value is -3.09. The quantitative estimate of drug-likeness (QED) is 0.791. The van der Waals surface area contributed by atoms with Crippen LogP contribution in [-0.4, -0.2) is 30.6 Å². The lowest BCUT2D eigenvalue weighted by Gasteiger charge is -2.07. The number of rotatable bonds is 4. The summed E-state index contributed by atoms with van der Waals surface area (Å²) in [6.07, 6.45) is 3.52. The van der Waals surface area contributed by atoms with Crippen molar-refractivity contribution in [3.05, 3.63) is 58.9 Å². The smallest absolute Gasteiger partial charge is 0.251 e. The molecule has 3 heterocycles. The van der Waals surface area contributed by atoms with Crippen molar-refractivity contribution in [1.82, 2.24) is 24.7 Å². The van der Waals surface area contributed by atoms with E-state index in [0.717, 1.165) is 34.0 Å². The molecule has 1 amide bonds. The highest BCUT2D eigenvalue weighted by atomic mass is 16.1. The van der Waals surface area contributed by atoms with Crippen LogP contribution in [0.15, 0.2) is 30.6 Å². The molecule has 0 saturated carbocycles. The second-order valence-electron chi connectivity index (χ2n) is 5.97. The lowest BCUT2D eigenvalue weighted by Crippen LogP contribution is -2.15. The second-order valence-corrected chi connectivity index (χ2v) is 5.97. The predicted molar refractivity (Wildman–Crippen MR) is 94.7 cm³/mol. The van der Waals surface area contributed by atoms with Crippen molar-refractivity contribution < 1.29 is 4.79 Å². The Kier molecular flexibility index (Phi) is 4.56. The van der Waals surface area contributed by atoms with Crippen molar-refractivity contribution in [2.45, 2.75) is 34.1 Å². The third kappa shape index (κ3) is 3.71. The van der Waals surface area contributed by atoms with Gasteiger partial charge in [-0.3, -0.25) is 9.78 Å². The van der Waals surface area contributed by atoms with Gasteiger partial charge in [-0.2, -0.15) is 5.10 Å². The van der Waals surface area contributed by atoms with Crippen LogP contribution in [0, 0.1) is 27.7 Å². The minimum Gasteiger partial charge on any atom is -0.326 e. The zero-order valence-electron chi connectivity index (χ0n) is 14.7. The zero-order valence-corrected chi connectivity index (χ0v) is 14.7. The summed E-state index contributed by atoms with van der Waals surface area (Å²) in [5, 5.41) is 7.39. The number of hydrogen-bond donors (Lipinski definition) is 1. The van der Waals surface area contributed by atoms with E-state index in [4.69, 9.17) is 0 Å². The number of aromatic nitrogens is 5. The fourth-order valence-electron chi connectivity index (χ4n) is 2.73. The average molecular weight is 336 g/mol. The normalized spacial score (nSPS) is 10.7. The van der Waals surface area contributed by atoms with E-state index in [1.807, 2.05) is 33.8 Å². The zero-order chi connectivity index (χ0) is 18.0. The molecule has 7 nitrogen and oxygen atoms in total. The molecule has 0 fully saturated rings. The van der Waals surface area contributed by atoms with Gasteiger partial charge in [0, 0.05) is 40.7 Å². The molecular weight excluding hydrogens is 316 g/mol. The molecule has 128 valence electrons. The minimum absolute atomic E-state index is 0.0988. The standard InChI is InChI=1S/C18H20N6O/c1-11-9-12(2)21-18(20-11)24-14(4)16(13(3)23-24)10-17(25)22-15-5-7-19-8-6-15/h5-9H,10H2,1-4H3,(H,19,22,25). The number of carbonyl (C=O) groups is 1. The van der Waals surface area contributed by atoms with Crippen LogP contribution in [0.1, 0.15) is 28.3 Å². The molecule has 1 N–H and O–H groups in total. The van der Waals surface area contributed by atoms with Gasteiger partial charge in [0.15, 0.2) is 0 Å². The van der Waals surface area contributed by atoms with Gasteiger partial charge in [0.1, 0.15) is 0 Å². The molecule has 25 heavy (non-hydrogen) atoms. The summed E-state index contributed by atoms with van der Waals surface area (Å²) in [6, 6.07) is 5.42. The highest BCUT2D eigenvalue weighted by Gasteiger charge is 2.17. The molecule has 0 spiro atoms. The van der Waals surface area contributed by atoms with Crippen molar-refractivity contribution >= 4 is 11.6 Å². The van der Waals surface area contributed by atoms with Crippen molar-refractivity contribution in [2.75, 3.05) is 5.32 Å². The summed E-state index contributed by atoms with van der Waals surface area (Å²) in [4.78, 5) is 25.2. The molecule has 3 rings (SSSR count). The first-order valence-corrected chi connectivity index (χ1v) is 8.01. The molecular formula is C18H20N6O. The predicted octanol–water partition coefficient (Wildman–Crippen LogP) is 2.47. The molecule has 0 unspecified atom stereocenters. The Morgan fingerprint density at radius 3 is 2.36 bits per heavy atom. The SMILES string of the molecule is Cc1cc(C)nc(-n2nc(C)c(CC(=O)Nc3ccncc3)c2C)n1. The molecule has 7 heteroatoms. The van der Waals surface area contributed by atoms with E-state index < -0.39 is 0 Å². The number of amides is 1. The van der Waals surface area contributed by atoms with Crippen molar-refractivity contribution in [1.29, 1.82) is 0 Å². The van der Waals surface area contributed by atoms with Crippen LogP contribution in [0.2, 0.25) is 0 Å². The van der Waals surface area contributed by atoms with E-state index in [0.29, 0.717) is 5.95 Å². The van der Waals surface area contributed by atoms with Crippen molar-refractivity contribution in [3.63, 3.8) is 0 Å². The summed E-state index contributed by atoms with van der Waals surface area (Å²) in [5.41, 5.74) is 5.03. The molecule has 3 aromatic heterocycles. The van der Waals surface area contributed by atoms with E-state index in [1.54, 1.807) is 29.2 Å². The summed E-state index contributed by atoms with van der Waals surface area (Å²) in [7, 11) is 0. The highest BCUT2D eigenvalue weighted by Crippen LogP contribution is 2.18. The van der Waals surface area contributed by atoms with Crippen LogP contribution >= 0.6 is 0 Å². The van der Waals surface area contributed by atoms with E-state index in [1.165, 1.54) is 0 Å². The van der Waals surface area contributed by atoms with Crippen LogP contribution in [0.25, 0.3) is 5.95 Å². The Balaban J connectivity index is 1.86. The highest BCUT2D eigenvalue weighted by molar-refractivity contribution is 5.92. The summed E-state index contributed by atoms with van der Waals surface area (Å²) in [6.45, 7) is 7.66. The fourth-order valence-corrected chi connectivity index (χ4v) is 2.73. The largest absolute Gasteiger partial charge is 0.326 e. The maximum absolute atomic E-state index is 12.3. The fraction of sp³-hybridized carbons (Fsp3) is 0.278. The number of pyridine rings is 1. The topological polar surface area (TPSA) is 85.6 Å². The van der Waals surface area contributed by atoms with Gasteiger partial charge in [-0.15, -0.1) is 0 Å². The van der Waals surface area contributed by atoms with E-state index in [-0.39, 0.29) is 12.3 Å². The van der Waals surface area contributed by atoms with Crippen LogP contribution < -0.4 is 5.32 Å². The van der Waals surface area contributed by atoms with Crippen molar-refractivity contribution in [3.8, 4) is 5.95 Å². The molecule has 0 bridgehead atoms. The van der Waals surface area contributed by atoms with Crippen molar-refractivity contribution in [2.24, 2.45) is 0 Å². The van der Waals surface area contributed by atoms with E-state index in [2.05, 4.69) is 25.4 Å². The Bertz CT molecular complexity index is 897. The number of nitrogens with zero attached hydrogens (tertiary/aromatic N) is 5. The first-order chi connectivity index (χ1) is 11.9. The summed E-state index contributed by atoms with van der Waals surface area (Å²) in [5.74, 6) is 0.428. The number of aryl methyl sites for hydroxylation is 3. The molecule has 0 aromatic carbocycles. The van der Waals surface area contributed by atoms with Gasteiger partial charge in [-0.25, -0.2) is 14.6 Å². The molecule has 0 aliphatic heterocycles. The molecule has 0 aliphatic carbocycles. The third-order valence-electron chi connectivity index (χ3n) is 3.90. The number of nitrogens with one attached hydrogen (secondary N) is 1. The first kappa shape index (κ1) is 16.8. The monoisotopic (exact) mass is 336 g/mol. The van der Waals surface area contributed by atoms with Crippen LogP contribution in [0.3, 0.4) is 0 Å². The van der Waals surface area contributed by atoms with Gasteiger partial charge in [0.05, 0.1) is 12.1 Å². The first-order valence-electron chi connectivity index (χ1n) is 8.01. The molecule has 0 aliphatic rings. The van der Waals surface area contributed by atoms with Crippen LogP contribution in [-0.2, 0) is 11.2 Å². The maximum atomic E-state index is 12.3. The summed E-state index contributed by atoms with van der Waals surface area (Å²) < 4.78 is 1.70. The van der Waals surface area contributed by atoms with Gasteiger partial charge in [0.2, 0.25) is 5.91 Å². The summed E-state index contributed by atoms with van der Waals surface area (Å²) >= 11 is 0. The Morgan fingerprint density at radius 2 is 1.72 bits per heavy atom. The maximum Gasteiger partial charge on any atom is 0.251 e. The molecule has 0 radical (unpaired) electrons. The van der Waals surface area contributed by atoms with Gasteiger partial charge >= 0.3 is 0 Å². The van der Waals surface area contributed by atoms with E-state index in [9.17, 15) is 4.79 Å².